The molecule has 2 unspecified atom stereocenters. The van der Waals surface area contributed by atoms with Gasteiger partial charge >= 0.3 is 0 Å². The molecule has 1 N–H and O–H groups in total. The van der Waals surface area contributed by atoms with Gasteiger partial charge in [0.2, 0.25) is 0 Å². The molecular formula is C22H27NO4. The molecule has 5 heteroatoms. The van der Waals surface area contributed by atoms with Crippen molar-refractivity contribution >= 4 is 0 Å². The number of ether oxygens (including phenoxy) is 3. The summed E-state index contributed by atoms with van der Waals surface area (Å²) in [5.41, 5.74) is 1.20. The first-order valence-electron chi connectivity index (χ1n) is 9.45. The highest BCUT2D eigenvalue weighted by molar-refractivity contribution is 5.44. The summed E-state index contributed by atoms with van der Waals surface area (Å²) in [6.45, 7) is 2.17. The summed E-state index contributed by atoms with van der Waals surface area (Å²) < 4.78 is 16.7. The third-order valence-corrected chi connectivity index (χ3v) is 5.82. The lowest BCUT2D eigenvalue weighted by atomic mass is 9.76. The average Bonchev–Trinajstić information content (AvgIpc) is 2.69. The standard InChI is InChI=1S/C22H27NO4/c1-25-19-8-9-20(21(10-19)26-2)22(24)11-17-14-27-15-18(12-22)23(17)13-16-6-4-3-5-7-16/h3-10,17-18,24H,11-15H2,1-2H3. The fourth-order valence-corrected chi connectivity index (χ4v) is 4.50. The van der Waals surface area contributed by atoms with E-state index in [9.17, 15) is 5.11 Å². The van der Waals surface area contributed by atoms with Gasteiger partial charge in [-0.05, 0) is 30.5 Å². The zero-order valence-corrected chi connectivity index (χ0v) is 15.9. The van der Waals surface area contributed by atoms with E-state index in [-0.39, 0.29) is 12.1 Å². The number of hydrogen-bond acceptors (Lipinski definition) is 5. The van der Waals surface area contributed by atoms with Crippen LogP contribution in [-0.2, 0) is 16.9 Å². The first kappa shape index (κ1) is 18.3. The van der Waals surface area contributed by atoms with Crippen molar-refractivity contribution in [2.75, 3.05) is 27.4 Å². The minimum Gasteiger partial charge on any atom is -0.497 e. The van der Waals surface area contributed by atoms with E-state index in [4.69, 9.17) is 14.2 Å². The molecule has 2 aromatic rings. The van der Waals surface area contributed by atoms with Crippen LogP contribution in [0.25, 0.3) is 0 Å². The number of methoxy groups -OCH3 is 2. The SMILES string of the molecule is COc1ccc(C2(O)CC3COCC(C2)N3Cc2ccccc2)c(OC)c1. The Morgan fingerprint density at radius 2 is 1.74 bits per heavy atom. The molecule has 2 aliphatic heterocycles. The minimum absolute atomic E-state index is 0.175. The van der Waals surface area contributed by atoms with Crippen LogP contribution < -0.4 is 9.47 Å². The molecule has 2 atom stereocenters. The highest BCUT2D eigenvalue weighted by Gasteiger charge is 2.48. The van der Waals surface area contributed by atoms with E-state index in [1.807, 2.05) is 24.3 Å². The van der Waals surface area contributed by atoms with E-state index in [1.54, 1.807) is 14.2 Å². The molecule has 2 aromatic carbocycles. The highest BCUT2D eigenvalue weighted by atomic mass is 16.5. The summed E-state index contributed by atoms with van der Waals surface area (Å²) in [7, 11) is 3.27. The Kier molecular flexibility index (Phi) is 5.08. The molecule has 2 heterocycles. The summed E-state index contributed by atoms with van der Waals surface area (Å²) in [4.78, 5) is 2.49. The number of rotatable bonds is 5. The topological polar surface area (TPSA) is 51.2 Å². The Morgan fingerprint density at radius 1 is 1.04 bits per heavy atom. The van der Waals surface area contributed by atoms with Gasteiger partial charge in [-0.25, -0.2) is 0 Å². The van der Waals surface area contributed by atoms with Crippen molar-refractivity contribution in [2.45, 2.75) is 37.1 Å². The molecule has 2 fully saturated rings. The third-order valence-electron chi connectivity index (χ3n) is 5.82. The molecule has 5 nitrogen and oxygen atoms in total. The largest absolute Gasteiger partial charge is 0.497 e. The lowest BCUT2D eigenvalue weighted by Gasteiger charge is -2.52. The number of hydrogen-bond donors (Lipinski definition) is 1. The maximum absolute atomic E-state index is 11.6. The van der Waals surface area contributed by atoms with Gasteiger partial charge < -0.3 is 19.3 Å². The smallest absolute Gasteiger partial charge is 0.128 e. The molecule has 0 aliphatic carbocycles. The number of benzene rings is 2. The van der Waals surface area contributed by atoms with Gasteiger partial charge in [-0.2, -0.15) is 0 Å². The van der Waals surface area contributed by atoms with Gasteiger partial charge in [0.05, 0.1) is 33.0 Å². The van der Waals surface area contributed by atoms with E-state index >= 15 is 0 Å². The van der Waals surface area contributed by atoms with Gasteiger partial charge in [0.25, 0.3) is 0 Å². The van der Waals surface area contributed by atoms with E-state index in [0.717, 1.165) is 17.9 Å². The van der Waals surface area contributed by atoms with Crippen molar-refractivity contribution in [1.82, 2.24) is 4.90 Å². The first-order chi connectivity index (χ1) is 13.1. The van der Waals surface area contributed by atoms with Crippen LogP contribution in [0.1, 0.15) is 24.0 Å². The molecule has 2 aliphatic rings. The van der Waals surface area contributed by atoms with Gasteiger partial charge in [-0.1, -0.05) is 30.3 Å². The number of piperidine rings is 1. The number of fused-ring (bicyclic) bond motifs is 2. The summed E-state index contributed by atoms with van der Waals surface area (Å²) in [5.74, 6) is 1.40. The average molecular weight is 369 g/mol. The number of morpholine rings is 1. The zero-order valence-electron chi connectivity index (χ0n) is 15.9. The Bertz CT molecular complexity index is 765. The normalized spacial score (nSPS) is 28.0. The van der Waals surface area contributed by atoms with Gasteiger partial charge in [0.1, 0.15) is 11.5 Å². The number of nitrogens with zero attached hydrogens (tertiary/aromatic N) is 1. The van der Waals surface area contributed by atoms with Crippen LogP contribution in [0.15, 0.2) is 48.5 Å². The number of aliphatic hydroxyl groups is 1. The van der Waals surface area contributed by atoms with Crippen LogP contribution in [0.5, 0.6) is 11.5 Å². The highest BCUT2D eigenvalue weighted by Crippen LogP contribution is 2.45. The maximum atomic E-state index is 11.6. The van der Waals surface area contributed by atoms with Crippen LogP contribution >= 0.6 is 0 Å². The molecule has 0 spiro atoms. The minimum atomic E-state index is -0.927. The van der Waals surface area contributed by atoms with E-state index in [2.05, 4.69) is 29.2 Å². The van der Waals surface area contributed by atoms with Crippen molar-refractivity contribution in [3.63, 3.8) is 0 Å². The predicted octanol–water partition coefficient (Wildman–Crippen LogP) is 2.95. The van der Waals surface area contributed by atoms with Crippen LogP contribution in [0, 0.1) is 0 Å². The van der Waals surface area contributed by atoms with Crippen LogP contribution in [-0.4, -0.2) is 49.5 Å². The van der Waals surface area contributed by atoms with Gasteiger partial charge in [-0.15, -0.1) is 0 Å². The summed E-state index contributed by atoms with van der Waals surface area (Å²) in [6.07, 6.45) is 1.25. The summed E-state index contributed by atoms with van der Waals surface area (Å²) in [6, 6.07) is 16.5. The molecule has 0 saturated carbocycles. The third kappa shape index (κ3) is 3.55. The van der Waals surface area contributed by atoms with E-state index < -0.39 is 5.60 Å². The molecular weight excluding hydrogens is 342 g/mol. The fourth-order valence-electron chi connectivity index (χ4n) is 4.50. The molecule has 144 valence electrons. The zero-order chi connectivity index (χ0) is 18.9. The fraction of sp³-hybridized carbons (Fsp3) is 0.455. The van der Waals surface area contributed by atoms with E-state index in [1.165, 1.54) is 5.56 Å². The summed E-state index contributed by atoms with van der Waals surface area (Å²) >= 11 is 0. The van der Waals surface area contributed by atoms with Gasteiger partial charge in [0.15, 0.2) is 0 Å². The second kappa shape index (κ2) is 7.50. The van der Waals surface area contributed by atoms with Crippen molar-refractivity contribution in [3.05, 3.63) is 59.7 Å². The molecule has 4 rings (SSSR count). The van der Waals surface area contributed by atoms with E-state index in [0.29, 0.717) is 31.8 Å². The quantitative estimate of drug-likeness (QED) is 0.878. The molecule has 2 saturated heterocycles. The van der Waals surface area contributed by atoms with Crippen LogP contribution in [0.2, 0.25) is 0 Å². The van der Waals surface area contributed by atoms with Crippen LogP contribution in [0.3, 0.4) is 0 Å². The van der Waals surface area contributed by atoms with Gasteiger partial charge in [0, 0.05) is 30.3 Å². The second-order valence-corrected chi connectivity index (χ2v) is 7.51. The lowest BCUT2D eigenvalue weighted by Crippen LogP contribution is -2.60. The Balaban J connectivity index is 1.61. The lowest BCUT2D eigenvalue weighted by molar-refractivity contribution is -0.150. The van der Waals surface area contributed by atoms with Crippen molar-refractivity contribution in [1.29, 1.82) is 0 Å². The first-order valence-corrected chi connectivity index (χ1v) is 9.45. The molecule has 0 amide bonds. The Morgan fingerprint density at radius 3 is 2.37 bits per heavy atom. The van der Waals surface area contributed by atoms with Crippen molar-refractivity contribution in [3.8, 4) is 11.5 Å². The molecule has 0 radical (unpaired) electrons. The second-order valence-electron chi connectivity index (χ2n) is 7.51. The maximum Gasteiger partial charge on any atom is 0.128 e. The van der Waals surface area contributed by atoms with Crippen molar-refractivity contribution < 1.29 is 19.3 Å². The predicted molar refractivity (Wildman–Crippen MR) is 103 cm³/mol. The molecule has 0 aromatic heterocycles. The Labute approximate surface area is 160 Å². The summed E-state index contributed by atoms with van der Waals surface area (Å²) in [5, 5.41) is 11.6. The Hall–Kier alpha value is -2.08. The monoisotopic (exact) mass is 369 g/mol. The van der Waals surface area contributed by atoms with Crippen molar-refractivity contribution in [2.24, 2.45) is 0 Å². The van der Waals surface area contributed by atoms with Gasteiger partial charge in [-0.3, -0.25) is 4.90 Å². The molecule has 27 heavy (non-hydrogen) atoms. The van der Waals surface area contributed by atoms with Crippen LogP contribution in [0.4, 0.5) is 0 Å². The molecule has 2 bridgehead atoms.